The maximum atomic E-state index is 11.8. The Morgan fingerprint density at radius 3 is 1.76 bits per heavy atom. The van der Waals surface area contributed by atoms with E-state index in [2.05, 4.69) is 4.89 Å². The van der Waals surface area contributed by atoms with Crippen LogP contribution in [0.25, 0.3) is 0 Å². The third-order valence-corrected chi connectivity index (χ3v) is 4.62. The zero-order chi connectivity index (χ0) is 15.6. The van der Waals surface area contributed by atoms with Crippen molar-refractivity contribution in [2.75, 3.05) is 0 Å². The van der Waals surface area contributed by atoms with E-state index in [-0.39, 0.29) is 36.4 Å². The Labute approximate surface area is 145 Å². The minimum atomic E-state index is -0.732. The molecule has 0 aliphatic carbocycles. The standard InChI is InChI=1S/C13H5Cl5O3/c14-7-8(15)10(17)12(11(18)9(7)16)20-21-13(19)6-4-2-1-3-5-6/h1-5H. The predicted molar refractivity (Wildman–Crippen MR) is 84.0 cm³/mol. The minimum Gasteiger partial charge on any atom is -0.283 e. The number of rotatable bonds is 3. The highest BCUT2D eigenvalue weighted by Crippen LogP contribution is 2.48. The van der Waals surface area contributed by atoms with Gasteiger partial charge in [0, 0.05) is 0 Å². The van der Waals surface area contributed by atoms with Crippen LogP contribution in [0, 0.1) is 0 Å². The third kappa shape index (κ3) is 3.50. The van der Waals surface area contributed by atoms with Crippen LogP contribution in [-0.4, -0.2) is 5.97 Å². The van der Waals surface area contributed by atoms with Crippen molar-refractivity contribution < 1.29 is 14.6 Å². The zero-order valence-electron chi connectivity index (χ0n) is 10.0. The molecule has 0 N–H and O–H groups in total. The maximum Gasteiger partial charge on any atom is 0.386 e. The second kappa shape index (κ2) is 6.95. The summed E-state index contributed by atoms with van der Waals surface area (Å²) in [4.78, 5) is 21.3. The van der Waals surface area contributed by atoms with Crippen molar-refractivity contribution in [3.63, 3.8) is 0 Å². The number of carbonyl (C=O) groups is 1. The zero-order valence-corrected chi connectivity index (χ0v) is 13.8. The van der Waals surface area contributed by atoms with Crippen molar-refractivity contribution in [1.29, 1.82) is 0 Å². The first-order chi connectivity index (χ1) is 9.93. The maximum absolute atomic E-state index is 11.8. The molecule has 0 fully saturated rings. The minimum absolute atomic E-state index is 0.0185. The molecule has 8 heteroatoms. The summed E-state index contributed by atoms with van der Waals surface area (Å²) < 4.78 is 0. The van der Waals surface area contributed by atoms with Gasteiger partial charge in [-0.1, -0.05) is 76.2 Å². The fourth-order valence-electron chi connectivity index (χ4n) is 1.36. The van der Waals surface area contributed by atoms with E-state index in [1.807, 2.05) is 0 Å². The van der Waals surface area contributed by atoms with Gasteiger partial charge in [-0.3, -0.25) is 4.89 Å². The number of hydrogen-bond acceptors (Lipinski definition) is 3. The summed E-state index contributed by atoms with van der Waals surface area (Å²) in [5.74, 6) is -0.924. The van der Waals surface area contributed by atoms with E-state index < -0.39 is 5.97 Å². The van der Waals surface area contributed by atoms with Crippen molar-refractivity contribution in [2.45, 2.75) is 0 Å². The van der Waals surface area contributed by atoms with Gasteiger partial charge in [0.1, 0.15) is 10.0 Å². The summed E-state index contributed by atoms with van der Waals surface area (Å²) in [6.07, 6.45) is 0. The van der Waals surface area contributed by atoms with Crippen molar-refractivity contribution >= 4 is 64.0 Å². The normalized spacial score (nSPS) is 10.3. The van der Waals surface area contributed by atoms with Gasteiger partial charge in [0.05, 0.1) is 20.6 Å². The SMILES string of the molecule is O=C(OOc1c(Cl)c(Cl)c(Cl)c(Cl)c1Cl)c1ccccc1. The van der Waals surface area contributed by atoms with Gasteiger partial charge in [-0.25, -0.2) is 9.68 Å². The molecule has 0 aromatic heterocycles. The molecular formula is C13H5Cl5O3. The molecule has 0 heterocycles. The van der Waals surface area contributed by atoms with E-state index in [1.54, 1.807) is 30.3 Å². The first kappa shape index (κ1) is 16.5. The van der Waals surface area contributed by atoms with E-state index in [0.29, 0.717) is 0 Å². The van der Waals surface area contributed by atoms with Crippen LogP contribution in [0.4, 0.5) is 0 Å². The molecule has 0 spiro atoms. The van der Waals surface area contributed by atoms with Crippen LogP contribution in [0.15, 0.2) is 30.3 Å². The van der Waals surface area contributed by atoms with Gasteiger partial charge in [-0.05, 0) is 12.1 Å². The number of carbonyl (C=O) groups excluding carboxylic acids is 1. The molecule has 0 bridgehead atoms. The molecule has 0 saturated heterocycles. The Kier molecular flexibility index (Phi) is 5.47. The molecule has 21 heavy (non-hydrogen) atoms. The van der Waals surface area contributed by atoms with Crippen molar-refractivity contribution in [2.24, 2.45) is 0 Å². The Balaban J connectivity index is 2.23. The fourth-order valence-corrected chi connectivity index (χ4v) is 2.54. The molecule has 0 amide bonds. The lowest BCUT2D eigenvalue weighted by Gasteiger charge is -2.11. The molecule has 0 radical (unpaired) electrons. The van der Waals surface area contributed by atoms with Gasteiger partial charge in [-0.15, -0.1) is 0 Å². The van der Waals surface area contributed by atoms with E-state index >= 15 is 0 Å². The summed E-state index contributed by atoms with van der Waals surface area (Å²) in [6.45, 7) is 0. The average Bonchev–Trinajstić information content (AvgIpc) is 2.51. The van der Waals surface area contributed by atoms with E-state index in [9.17, 15) is 4.79 Å². The van der Waals surface area contributed by atoms with Gasteiger partial charge >= 0.3 is 5.97 Å². The summed E-state index contributed by atoms with van der Waals surface area (Å²) >= 11 is 29.4. The number of hydrogen-bond donors (Lipinski definition) is 0. The highest BCUT2D eigenvalue weighted by molar-refractivity contribution is 6.55. The average molecular weight is 386 g/mol. The summed E-state index contributed by atoms with van der Waals surface area (Å²) in [5, 5.41) is -0.360. The Morgan fingerprint density at radius 2 is 1.24 bits per heavy atom. The largest absolute Gasteiger partial charge is 0.386 e. The second-order valence-corrected chi connectivity index (χ2v) is 5.61. The van der Waals surface area contributed by atoms with Crippen LogP contribution >= 0.6 is 58.0 Å². The van der Waals surface area contributed by atoms with Crippen molar-refractivity contribution in [1.82, 2.24) is 0 Å². The van der Waals surface area contributed by atoms with Crippen LogP contribution < -0.4 is 4.89 Å². The molecule has 110 valence electrons. The van der Waals surface area contributed by atoms with Crippen LogP contribution in [0.2, 0.25) is 25.1 Å². The van der Waals surface area contributed by atoms with Crippen LogP contribution in [0.5, 0.6) is 5.75 Å². The molecule has 0 aliphatic rings. The quantitative estimate of drug-likeness (QED) is 0.277. The lowest BCUT2D eigenvalue weighted by Crippen LogP contribution is -2.09. The van der Waals surface area contributed by atoms with Crippen molar-refractivity contribution in [3.05, 3.63) is 61.0 Å². The van der Waals surface area contributed by atoms with E-state index in [4.69, 9.17) is 62.9 Å². The lowest BCUT2D eigenvalue weighted by atomic mass is 10.2. The predicted octanol–water partition coefficient (Wildman–Crippen LogP) is 6.10. The van der Waals surface area contributed by atoms with Crippen molar-refractivity contribution in [3.8, 4) is 5.75 Å². The van der Waals surface area contributed by atoms with E-state index in [1.165, 1.54) is 0 Å². The van der Waals surface area contributed by atoms with Gasteiger partial charge in [0.25, 0.3) is 0 Å². The molecule has 3 nitrogen and oxygen atoms in total. The Morgan fingerprint density at radius 1 is 0.762 bits per heavy atom. The summed E-state index contributed by atoms with van der Waals surface area (Å²) in [5.41, 5.74) is 0.288. The van der Waals surface area contributed by atoms with Gasteiger partial charge in [0.15, 0.2) is 0 Å². The summed E-state index contributed by atoms with van der Waals surface area (Å²) in [7, 11) is 0. The van der Waals surface area contributed by atoms with Gasteiger partial charge < -0.3 is 0 Å². The van der Waals surface area contributed by atoms with Crippen LogP contribution in [0.3, 0.4) is 0 Å². The topological polar surface area (TPSA) is 35.5 Å². The molecule has 2 rings (SSSR count). The molecule has 2 aromatic rings. The van der Waals surface area contributed by atoms with Gasteiger partial charge in [-0.2, -0.15) is 0 Å². The monoisotopic (exact) mass is 384 g/mol. The third-order valence-electron chi connectivity index (χ3n) is 2.38. The smallest absolute Gasteiger partial charge is 0.283 e. The first-order valence-electron chi connectivity index (χ1n) is 5.38. The Bertz CT molecular complexity index is 659. The molecule has 0 aliphatic heterocycles. The summed E-state index contributed by atoms with van der Waals surface area (Å²) in [6, 6.07) is 8.21. The van der Waals surface area contributed by atoms with E-state index in [0.717, 1.165) is 0 Å². The number of halogens is 5. The fraction of sp³-hybridized carbons (Fsp3) is 0. The molecular weight excluding hydrogens is 381 g/mol. The molecule has 2 aromatic carbocycles. The highest BCUT2D eigenvalue weighted by Gasteiger charge is 2.22. The van der Waals surface area contributed by atoms with Crippen LogP contribution in [0.1, 0.15) is 10.4 Å². The molecule has 0 unspecified atom stereocenters. The Hall–Kier alpha value is -0.840. The van der Waals surface area contributed by atoms with Gasteiger partial charge in [0.2, 0.25) is 5.75 Å². The second-order valence-electron chi connectivity index (χ2n) is 3.72. The first-order valence-corrected chi connectivity index (χ1v) is 7.27. The highest BCUT2D eigenvalue weighted by atomic mass is 35.5. The van der Waals surface area contributed by atoms with Crippen LogP contribution in [-0.2, 0) is 4.89 Å². The molecule has 0 atom stereocenters. The number of benzene rings is 2. The molecule has 0 saturated carbocycles. The lowest BCUT2D eigenvalue weighted by molar-refractivity contribution is -0.149.